The first-order valence-corrected chi connectivity index (χ1v) is 7.64. The van der Waals surface area contributed by atoms with Crippen molar-refractivity contribution in [2.75, 3.05) is 0 Å². The first kappa shape index (κ1) is 15.5. The number of halogens is 2. The fraction of sp³-hybridized carbons (Fsp3) is 0.176. The quantitative estimate of drug-likeness (QED) is 0.750. The molecule has 1 heterocycles. The highest BCUT2D eigenvalue weighted by molar-refractivity contribution is 6.31. The predicted molar refractivity (Wildman–Crippen MR) is 87.7 cm³/mol. The Balaban J connectivity index is 1.53. The van der Waals surface area contributed by atoms with Crippen LogP contribution in [0.1, 0.15) is 17.8 Å². The zero-order chi connectivity index (χ0) is 16.2. The molecule has 0 saturated heterocycles. The highest BCUT2D eigenvalue weighted by Crippen LogP contribution is 2.17. The van der Waals surface area contributed by atoms with E-state index in [0.29, 0.717) is 23.4 Å². The van der Waals surface area contributed by atoms with Crippen molar-refractivity contribution in [3.8, 4) is 0 Å². The summed E-state index contributed by atoms with van der Waals surface area (Å²) in [7, 11) is 0. The zero-order valence-electron chi connectivity index (χ0n) is 12.3. The number of nitrogens with zero attached hydrogens (tertiary/aromatic N) is 1. The van der Waals surface area contributed by atoms with Gasteiger partial charge in [0.25, 0.3) is 0 Å². The molecular weight excluding hydrogens is 317 g/mol. The molecule has 4 nitrogen and oxygen atoms in total. The van der Waals surface area contributed by atoms with E-state index in [-0.39, 0.29) is 12.5 Å². The number of hydrogen-bond donors (Lipinski definition) is 2. The number of hydrogen-bond acceptors (Lipinski definition) is 2. The number of aromatic nitrogens is 2. The fourth-order valence-corrected chi connectivity index (χ4v) is 2.54. The second-order valence-corrected chi connectivity index (χ2v) is 5.62. The van der Waals surface area contributed by atoms with E-state index in [2.05, 4.69) is 15.3 Å². The fourth-order valence-electron chi connectivity index (χ4n) is 2.30. The van der Waals surface area contributed by atoms with Crippen LogP contribution in [0.25, 0.3) is 11.0 Å². The van der Waals surface area contributed by atoms with Crippen LogP contribution >= 0.6 is 11.6 Å². The van der Waals surface area contributed by atoms with Gasteiger partial charge in [0, 0.05) is 24.4 Å². The van der Waals surface area contributed by atoms with Gasteiger partial charge in [0.1, 0.15) is 11.6 Å². The molecule has 0 unspecified atom stereocenters. The van der Waals surface area contributed by atoms with Crippen LogP contribution in [0.3, 0.4) is 0 Å². The second-order valence-electron chi connectivity index (χ2n) is 5.21. The molecule has 0 saturated carbocycles. The number of aryl methyl sites for hydroxylation is 1. The minimum absolute atomic E-state index is 0.106. The monoisotopic (exact) mass is 331 g/mol. The molecular formula is C17H15ClFN3O. The molecule has 0 aliphatic carbocycles. The van der Waals surface area contributed by atoms with Gasteiger partial charge in [-0.05, 0) is 29.8 Å². The summed E-state index contributed by atoms with van der Waals surface area (Å²) in [6.45, 7) is 0.276. The van der Waals surface area contributed by atoms with Crippen LogP contribution in [0, 0.1) is 5.82 Å². The Morgan fingerprint density at radius 1 is 1.26 bits per heavy atom. The van der Waals surface area contributed by atoms with Crippen molar-refractivity contribution in [2.45, 2.75) is 19.4 Å². The molecule has 23 heavy (non-hydrogen) atoms. The molecule has 1 aromatic heterocycles. The van der Waals surface area contributed by atoms with Crippen LogP contribution in [0.2, 0.25) is 5.02 Å². The van der Waals surface area contributed by atoms with Gasteiger partial charge < -0.3 is 10.3 Å². The number of nitrogens with one attached hydrogen (secondary N) is 2. The molecule has 0 spiro atoms. The van der Waals surface area contributed by atoms with Gasteiger partial charge in [-0.15, -0.1) is 0 Å². The summed E-state index contributed by atoms with van der Waals surface area (Å²) >= 11 is 5.92. The van der Waals surface area contributed by atoms with E-state index < -0.39 is 5.82 Å². The van der Waals surface area contributed by atoms with Crippen molar-refractivity contribution >= 4 is 28.5 Å². The van der Waals surface area contributed by atoms with Gasteiger partial charge in [0.05, 0.1) is 11.0 Å². The van der Waals surface area contributed by atoms with Gasteiger partial charge in [-0.1, -0.05) is 29.8 Å². The Morgan fingerprint density at radius 2 is 2.09 bits per heavy atom. The van der Waals surface area contributed by atoms with Crippen molar-refractivity contribution in [2.24, 2.45) is 0 Å². The molecule has 3 rings (SSSR count). The highest BCUT2D eigenvalue weighted by Gasteiger charge is 2.08. The highest BCUT2D eigenvalue weighted by atomic mass is 35.5. The average molecular weight is 332 g/mol. The van der Waals surface area contributed by atoms with E-state index in [1.807, 2.05) is 24.3 Å². The number of imidazole rings is 1. The van der Waals surface area contributed by atoms with Crippen molar-refractivity contribution < 1.29 is 9.18 Å². The van der Waals surface area contributed by atoms with E-state index in [1.54, 1.807) is 6.07 Å². The smallest absolute Gasteiger partial charge is 0.220 e. The minimum atomic E-state index is -0.394. The number of H-pyrrole nitrogens is 1. The molecule has 2 N–H and O–H groups in total. The lowest BCUT2D eigenvalue weighted by atomic mass is 10.2. The molecule has 6 heteroatoms. The van der Waals surface area contributed by atoms with E-state index in [4.69, 9.17) is 11.6 Å². The van der Waals surface area contributed by atoms with Crippen molar-refractivity contribution in [3.63, 3.8) is 0 Å². The first-order chi connectivity index (χ1) is 11.1. The van der Waals surface area contributed by atoms with Crippen LogP contribution in [-0.2, 0) is 17.8 Å². The Labute approximate surface area is 137 Å². The molecule has 0 fully saturated rings. The van der Waals surface area contributed by atoms with Gasteiger partial charge in [0.15, 0.2) is 0 Å². The normalized spacial score (nSPS) is 10.9. The Kier molecular flexibility index (Phi) is 4.57. The Bertz CT molecular complexity index is 814. The number of rotatable bonds is 5. The number of aromatic amines is 1. The van der Waals surface area contributed by atoms with Crippen molar-refractivity contribution in [1.29, 1.82) is 0 Å². The Hall–Kier alpha value is -2.40. The summed E-state index contributed by atoms with van der Waals surface area (Å²) in [4.78, 5) is 19.5. The van der Waals surface area contributed by atoms with Crippen LogP contribution < -0.4 is 5.32 Å². The predicted octanol–water partition coefficient (Wildman–Crippen LogP) is 3.60. The number of benzene rings is 2. The second kappa shape index (κ2) is 6.79. The van der Waals surface area contributed by atoms with E-state index in [9.17, 15) is 9.18 Å². The third-order valence-corrected chi connectivity index (χ3v) is 3.87. The largest absolute Gasteiger partial charge is 0.352 e. The lowest BCUT2D eigenvalue weighted by Gasteiger charge is -2.06. The SMILES string of the molecule is O=C(CCc1nc2ccccc2[nH]1)NCc1ccc(F)cc1Cl. The van der Waals surface area contributed by atoms with Crippen molar-refractivity contribution in [3.05, 3.63) is 64.7 Å². The summed E-state index contributed by atoms with van der Waals surface area (Å²) in [6.07, 6.45) is 0.844. The number of para-hydroxylation sites is 2. The van der Waals surface area contributed by atoms with E-state index in [1.165, 1.54) is 12.1 Å². The minimum Gasteiger partial charge on any atom is -0.352 e. The summed E-state index contributed by atoms with van der Waals surface area (Å²) in [6, 6.07) is 11.8. The van der Waals surface area contributed by atoms with Gasteiger partial charge in [-0.25, -0.2) is 9.37 Å². The van der Waals surface area contributed by atoms with Gasteiger partial charge in [-0.3, -0.25) is 4.79 Å². The molecule has 118 valence electrons. The van der Waals surface area contributed by atoms with E-state index >= 15 is 0 Å². The number of carbonyl (C=O) groups is 1. The molecule has 0 atom stereocenters. The van der Waals surface area contributed by atoms with E-state index in [0.717, 1.165) is 16.9 Å². The summed E-state index contributed by atoms with van der Waals surface area (Å²) in [5, 5.41) is 3.08. The third-order valence-electron chi connectivity index (χ3n) is 3.52. The maximum atomic E-state index is 13.0. The number of amides is 1. The van der Waals surface area contributed by atoms with Crippen LogP contribution in [0.5, 0.6) is 0 Å². The lowest BCUT2D eigenvalue weighted by molar-refractivity contribution is -0.121. The summed E-state index contributed by atoms with van der Waals surface area (Å²) in [5.41, 5.74) is 2.53. The van der Waals surface area contributed by atoms with Gasteiger partial charge >= 0.3 is 0 Å². The summed E-state index contributed by atoms with van der Waals surface area (Å²) in [5.74, 6) is 0.280. The average Bonchev–Trinajstić information content (AvgIpc) is 2.95. The lowest BCUT2D eigenvalue weighted by Crippen LogP contribution is -2.23. The number of carbonyl (C=O) groups excluding carboxylic acids is 1. The Morgan fingerprint density at radius 3 is 2.87 bits per heavy atom. The maximum Gasteiger partial charge on any atom is 0.220 e. The van der Waals surface area contributed by atoms with Gasteiger partial charge in [-0.2, -0.15) is 0 Å². The summed E-state index contributed by atoms with van der Waals surface area (Å²) < 4.78 is 13.0. The number of fused-ring (bicyclic) bond motifs is 1. The maximum absolute atomic E-state index is 13.0. The topological polar surface area (TPSA) is 57.8 Å². The molecule has 1 amide bonds. The molecule has 2 aromatic carbocycles. The zero-order valence-corrected chi connectivity index (χ0v) is 13.0. The van der Waals surface area contributed by atoms with Gasteiger partial charge in [0.2, 0.25) is 5.91 Å². The molecule has 0 aliphatic heterocycles. The molecule has 3 aromatic rings. The third kappa shape index (κ3) is 3.87. The molecule has 0 aliphatic rings. The first-order valence-electron chi connectivity index (χ1n) is 7.26. The van der Waals surface area contributed by atoms with Crippen LogP contribution in [0.4, 0.5) is 4.39 Å². The molecule has 0 bridgehead atoms. The standard InChI is InChI=1S/C17H15ClFN3O/c18-13-9-12(19)6-5-11(13)10-20-17(23)8-7-16-21-14-3-1-2-4-15(14)22-16/h1-6,9H,7-8,10H2,(H,20,23)(H,21,22). The molecule has 0 radical (unpaired) electrons. The van der Waals surface area contributed by atoms with Crippen molar-refractivity contribution in [1.82, 2.24) is 15.3 Å². The van der Waals surface area contributed by atoms with Crippen LogP contribution in [-0.4, -0.2) is 15.9 Å². The van der Waals surface area contributed by atoms with Crippen LogP contribution in [0.15, 0.2) is 42.5 Å².